The number of anilines is 1. The summed E-state index contributed by atoms with van der Waals surface area (Å²) in [6.45, 7) is 9.55. The van der Waals surface area contributed by atoms with Crippen molar-refractivity contribution in [3.05, 3.63) is 36.4 Å². The quantitative estimate of drug-likeness (QED) is 0.227. The second kappa shape index (κ2) is 9.11. The van der Waals surface area contributed by atoms with Crippen LogP contribution >= 0.6 is 0 Å². The van der Waals surface area contributed by atoms with Crippen LogP contribution in [0.2, 0.25) is 0 Å². The number of hydrogen-bond donors (Lipinski definition) is 1. The van der Waals surface area contributed by atoms with Gasteiger partial charge in [0.05, 0.1) is 11.5 Å². The lowest BCUT2D eigenvalue weighted by Gasteiger charge is -2.45. The fourth-order valence-corrected chi connectivity index (χ4v) is 3.11. The number of nitrogens with two attached hydrogens (primary N) is 1. The molecule has 2 N–H and O–H groups in total. The summed E-state index contributed by atoms with van der Waals surface area (Å²) in [5.41, 5.74) is 7.14. The molecule has 0 aromatic heterocycles. The molecule has 1 heterocycles. The number of carbonyl (C=O) groups is 4. The van der Waals surface area contributed by atoms with Crippen LogP contribution in [0.1, 0.15) is 39.7 Å². The summed E-state index contributed by atoms with van der Waals surface area (Å²) in [6.07, 6.45) is 0.326. The van der Waals surface area contributed by atoms with Crippen LogP contribution in [-0.4, -0.2) is 47.9 Å². The van der Waals surface area contributed by atoms with E-state index in [9.17, 15) is 19.2 Å². The van der Waals surface area contributed by atoms with E-state index in [4.69, 9.17) is 15.2 Å². The van der Waals surface area contributed by atoms with Gasteiger partial charge < -0.3 is 20.1 Å². The number of nitrogen functional groups attached to an aromatic ring is 1. The number of esters is 2. The molecule has 8 nitrogen and oxygen atoms in total. The molecule has 0 unspecified atom stereocenters. The fraction of sp³-hybridized carbons (Fsp3) is 0.455. The van der Waals surface area contributed by atoms with Gasteiger partial charge in [-0.05, 0) is 57.4 Å². The molecular weight excluding hydrogens is 388 g/mol. The number of nitrogens with zero attached hydrogens (tertiary/aromatic N) is 1. The van der Waals surface area contributed by atoms with Crippen LogP contribution in [-0.2, 0) is 28.7 Å². The molecule has 1 aromatic rings. The number of hydrogen-bond acceptors (Lipinski definition) is 7. The first kappa shape index (κ1) is 23.1. The van der Waals surface area contributed by atoms with Crippen LogP contribution in [0.15, 0.2) is 30.8 Å². The largest absolute Gasteiger partial charge is 0.427 e. The minimum atomic E-state index is -0.818. The Balaban J connectivity index is 1.97. The van der Waals surface area contributed by atoms with E-state index >= 15 is 0 Å². The highest BCUT2D eigenvalue weighted by Crippen LogP contribution is 2.34. The van der Waals surface area contributed by atoms with Gasteiger partial charge in [-0.2, -0.15) is 0 Å². The molecule has 0 spiro atoms. The van der Waals surface area contributed by atoms with Crippen molar-refractivity contribution in [3.63, 3.8) is 0 Å². The Morgan fingerprint density at radius 2 is 1.73 bits per heavy atom. The minimum absolute atomic E-state index is 0.265. The zero-order valence-electron chi connectivity index (χ0n) is 17.8. The standard InChI is InChI=1S/C22H28N2O6/c1-13(15-6-8-16(23)9-7-15)10-17-19(14(2)25)20(27)24(17)11-18(26)29-12-30-21(28)22(3,4)5/h6-9,17,19H,1,10-12,23H2,2-5H3/t17-,19-/m1/s1. The SMILES string of the molecule is C=C(C[C@@H]1[C@@H](C(C)=O)C(=O)N1CC(=O)OCOC(=O)C(C)(C)C)c1ccc(N)cc1. The topological polar surface area (TPSA) is 116 Å². The van der Waals surface area contributed by atoms with Crippen molar-refractivity contribution in [2.24, 2.45) is 11.3 Å². The highest BCUT2D eigenvalue weighted by molar-refractivity contribution is 6.06. The second-order valence-electron chi connectivity index (χ2n) is 8.37. The Kier molecular flexibility index (Phi) is 7.02. The minimum Gasteiger partial charge on any atom is -0.427 e. The van der Waals surface area contributed by atoms with E-state index in [1.165, 1.54) is 11.8 Å². The molecule has 162 valence electrons. The molecule has 0 radical (unpaired) electrons. The highest BCUT2D eigenvalue weighted by Gasteiger charge is 2.50. The molecule has 8 heteroatoms. The van der Waals surface area contributed by atoms with Gasteiger partial charge in [0.1, 0.15) is 18.2 Å². The van der Waals surface area contributed by atoms with Crippen molar-refractivity contribution in [1.82, 2.24) is 4.90 Å². The maximum absolute atomic E-state index is 12.4. The van der Waals surface area contributed by atoms with Gasteiger partial charge in [0.15, 0.2) is 0 Å². The third-order valence-corrected chi connectivity index (χ3v) is 4.87. The van der Waals surface area contributed by atoms with Crippen LogP contribution in [0.5, 0.6) is 0 Å². The monoisotopic (exact) mass is 416 g/mol. The van der Waals surface area contributed by atoms with Crippen LogP contribution < -0.4 is 5.73 Å². The summed E-state index contributed by atoms with van der Waals surface area (Å²) >= 11 is 0. The third-order valence-electron chi connectivity index (χ3n) is 4.87. The maximum Gasteiger partial charge on any atom is 0.328 e. The van der Waals surface area contributed by atoms with E-state index in [1.54, 1.807) is 32.9 Å². The van der Waals surface area contributed by atoms with Crippen molar-refractivity contribution in [3.8, 4) is 0 Å². The number of benzene rings is 1. The normalized spacial score (nSPS) is 18.4. The molecule has 0 aliphatic carbocycles. The Hall–Kier alpha value is -3.16. The molecular formula is C22H28N2O6. The summed E-state index contributed by atoms with van der Waals surface area (Å²) in [6, 6.07) is 6.60. The van der Waals surface area contributed by atoms with E-state index in [-0.39, 0.29) is 12.3 Å². The molecule has 1 amide bonds. The number of rotatable bonds is 8. The number of carbonyl (C=O) groups excluding carboxylic acids is 4. The molecule has 0 bridgehead atoms. The number of Topliss-reactive ketones (excluding diaryl/α,β-unsaturated/α-hetero) is 1. The fourth-order valence-electron chi connectivity index (χ4n) is 3.11. The Labute approximate surface area is 176 Å². The first-order valence-corrected chi connectivity index (χ1v) is 9.59. The average molecular weight is 416 g/mol. The van der Waals surface area contributed by atoms with Crippen molar-refractivity contribution in [2.75, 3.05) is 19.1 Å². The number of ketones is 1. The molecule has 1 saturated heterocycles. The average Bonchev–Trinajstić information content (AvgIpc) is 2.65. The van der Waals surface area contributed by atoms with Crippen LogP contribution in [0.3, 0.4) is 0 Å². The first-order chi connectivity index (χ1) is 13.9. The van der Waals surface area contributed by atoms with Gasteiger partial charge in [0.2, 0.25) is 12.7 Å². The second-order valence-corrected chi connectivity index (χ2v) is 8.37. The predicted octanol–water partition coefficient (Wildman–Crippen LogP) is 2.18. The summed E-state index contributed by atoms with van der Waals surface area (Å²) in [4.78, 5) is 49.4. The number of likely N-dealkylation sites (tertiary alicyclic amines) is 1. The highest BCUT2D eigenvalue weighted by atomic mass is 16.7. The van der Waals surface area contributed by atoms with Gasteiger partial charge in [0, 0.05) is 5.69 Å². The van der Waals surface area contributed by atoms with E-state index in [0.717, 1.165) is 11.1 Å². The number of β-lactam (4-membered cyclic amide) rings is 1. The van der Waals surface area contributed by atoms with Gasteiger partial charge >= 0.3 is 11.9 Å². The third kappa shape index (κ3) is 5.46. The van der Waals surface area contributed by atoms with Crippen LogP contribution in [0.25, 0.3) is 5.57 Å². The van der Waals surface area contributed by atoms with E-state index in [1.807, 2.05) is 12.1 Å². The Morgan fingerprint density at radius 3 is 2.27 bits per heavy atom. The molecule has 2 atom stereocenters. The van der Waals surface area contributed by atoms with Crippen molar-refractivity contribution in [1.29, 1.82) is 0 Å². The van der Waals surface area contributed by atoms with Crippen molar-refractivity contribution < 1.29 is 28.7 Å². The predicted molar refractivity (Wildman–Crippen MR) is 111 cm³/mol. The molecule has 0 saturated carbocycles. The summed E-state index contributed by atoms with van der Waals surface area (Å²) in [5, 5.41) is 0. The van der Waals surface area contributed by atoms with Crippen LogP contribution in [0.4, 0.5) is 5.69 Å². The maximum atomic E-state index is 12.4. The molecule has 1 fully saturated rings. The van der Waals surface area contributed by atoms with Crippen LogP contribution in [0, 0.1) is 11.3 Å². The molecule has 30 heavy (non-hydrogen) atoms. The van der Waals surface area contributed by atoms with Gasteiger partial charge in [-0.25, -0.2) is 0 Å². The Bertz CT molecular complexity index is 853. The number of amides is 1. The zero-order valence-corrected chi connectivity index (χ0v) is 17.8. The van der Waals surface area contributed by atoms with Gasteiger partial charge in [-0.1, -0.05) is 18.7 Å². The van der Waals surface area contributed by atoms with E-state index in [0.29, 0.717) is 12.1 Å². The molecule has 1 aromatic carbocycles. The lowest BCUT2D eigenvalue weighted by molar-refractivity contribution is -0.179. The number of ether oxygens (including phenoxy) is 2. The summed E-state index contributed by atoms with van der Waals surface area (Å²) in [5.74, 6) is -2.75. The summed E-state index contributed by atoms with van der Waals surface area (Å²) in [7, 11) is 0. The molecule has 2 rings (SSSR count). The zero-order chi connectivity index (χ0) is 22.6. The first-order valence-electron chi connectivity index (χ1n) is 9.59. The van der Waals surface area contributed by atoms with Crippen molar-refractivity contribution >= 4 is 34.9 Å². The van der Waals surface area contributed by atoms with Gasteiger partial charge in [-0.3, -0.25) is 19.2 Å². The smallest absolute Gasteiger partial charge is 0.328 e. The lowest BCUT2D eigenvalue weighted by Crippen LogP contribution is -2.64. The van der Waals surface area contributed by atoms with Gasteiger partial charge in [0.25, 0.3) is 0 Å². The van der Waals surface area contributed by atoms with E-state index < -0.39 is 42.0 Å². The summed E-state index contributed by atoms with van der Waals surface area (Å²) < 4.78 is 9.80. The van der Waals surface area contributed by atoms with Crippen molar-refractivity contribution in [2.45, 2.75) is 40.2 Å². The Morgan fingerprint density at radius 1 is 1.13 bits per heavy atom. The van der Waals surface area contributed by atoms with E-state index in [2.05, 4.69) is 6.58 Å². The molecule has 1 aliphatic rings. The lowest BCUT2D eigenvalue weighted by atomic mass is 9.80. The van der Waals surface area contributed by atoms with Gasteiger partial charge in [-0.15, -0.1) is 0 Å². The molecule has 1 aliphatic heterocycles.